The van der Waals surface area contributed by atoms with E-state index >= 15 is 0 Å². The number of aromatic nitrogens is 2. The maximum atomic E-state index is 13.2. The molecule has 2 N–H and O–H groups in total. The number of benzene rings is 1. The quantitative estimate of drug-likeness (QED) is 0.688. The van der Waals surface area contributed by atoms with Gasteiger partial charge in [-0.3, -0.25) is 9.59 Å². The molecule has 8 heteroatoms. The number of hydrogen-bond acceptors (Lipinski definition) is 4. The minimum atomic E-state index is -0.712. The van der Waals surface area contributed by atoms with Crippen molar-refractivity contribution in [1.29, 1.82) is 5.26 Å². The molecule has 4 rings (SSSR count). The van der Waals surface area contributed by atoms with Gasteiger partial charge in [-0.25, -0.2) is 4.98 Å². The number of carbonyl (C=O) groups excluding carboxylic acids is 2. The second kappa shape index (κ2) is 7.22. The lowest BCUT2D eigenvalue weighted by molar-refractivity contribution is -0.122. The van der Waals surface area contributed by atoms with E-state index in [1.54, 1.807) is 41.6 Å². The fraction of sp³-hybridized carbons (Fsp3) is 0.238. The molecule has 0 radical (unpaired) electrons. The number of amides is 2. The van der Waals surface area contributed by atoms with Crippen molar-refractivity contribution in [2.24, 2.45) is 5.92 Å². The molecule has 1 aliphatic rings. The standard InChI is InChI=1S/C21H18ClN5O2/c1-11(2)18(20(28)26-13-5-3-4-12(6-13)7-23)27-10-15-16(22)9-25-19-17(15)14(8-24-19)21(27)29/h3-6,8-9,11,18H,10H2,1-2H3,(H,24,25)(H,26,28)/t18-/m1/s1. The van der Waals surface area contributed by atoms with E-state index in [0.29, 0.717) is 32.9 Å². The Morgan fingerprint density at radius 3 is 2.93 bits per heavy atom. The van der Waals surface area contributed by atoms with Crippen LogP contribution in [0.15, 0.2) is 36.7 Å². The van der Waals surface area contributed by atoms with Crippen molar-refractivity contribution in [1.82, 2.24) is 14.9 Å². The number of anilines is 1. The Balaban J connectivity index is 1.69. The normalized spacial score (nSPS) is 14.2. The summed E-state index contributed by atoms with van der Waals surface area (Å²) in [5, 5.41) is 13.1. The Labute approximate surface area is 172 Å². The van der Waals surface area contributed by atoms with Crippen LogP contribution in [0.5, 0.6) is 0 Å². The summed E-state index contributed by atoms with van der Waals surface area (Å²) in [5.41, 5.74) is 2.79. The van der Waals surface area contributed by atoms with Gasteiger partial charge in [0.25, 0.3) is 5.91 Å². The van der Waals surface area contributed by atoms with E-state index in [2.05, 4.69) is 15.3 Å². The highest BCUT2D eigenvalue weighted by Gasteiger charge is 2.38. The fourth-order valence-corrected chi connectivity index (χ4v) is 3.97. The van der Waals surface area contributed by atoms with Gasteiger partial charge in [-0.05, 0) is 24.1 Å². The molecule has 3 aromatic rings. The first-order valence-corrected chi connectivity index (χ1v) is 9.55. The Morgan fingerprint density at radius 2 is 2.21 bits per heavy atom. The van der Waals surface area contributed by atoms with Crippen molar-refractivity contribution in [2.45, 2.75) is 26.4 Å². The van der Waals surface area contributed by atoms with Gasteiger partial charge in [-0.1, -0.05) is 31.5 Å². The number of pyridine rings is 1. The Bertz CT molecular complexity index is 1180. The molecular formula is C21H18ClN5O2. The van der Waals surface area contributed by atoms with Crippen molar-refractivity contribution < 1.29 is 9.59 Å². The summed E-state index contributed by atoms with van der Waals surface area (Å²) in [6.07, 6.45) is 3.16. The zero-order chi connectivity index (χ0) is 20.7. The van der Waals surface area contributed by atoms with Gasteiger partial charge in [0.05, 0.1) is 22.2 Å². The van der Waals surface area contributed by atoms with Crippen LogP contribution in [-0.4, -0.2) is 32.7 Å². The first-order chi connectivity index (χ1) is 13.9. The van der Waals surface area contributed by atoms with E-state index in [-0.39, 0.29) is 24.3 Å². The van der Waals surface area contributed by atoms with Gasteiger partial charge in [0.2, 0.25) is 5.91 Å². The third-order valence-electron chi connectivity index (χ3n) is 5.07. The predicted molar refractivity (Wildman–Crippen MR) is 109 cm³/mol. The highest BCUT2D eigenvalue weighted by molar-refractivity contribution is 6.32. The summed E-state index contributed by atoms with van der Waals surface area (Å²) in [5.74, 6) is -0.703. The lowest BCUT2D eigenvalue weighted by Crippen LogP contribution is -2.51. The first-order valence-electron chi connectivity index (χ1n) is 9.17. The Morgan fingerprint density at radius 1 is 1.41 bits per heavy atom. The smallest absolute Gasteiger partial charge is 0.257 e. The summed E-state index contributed by atoms with van der Waals surface area (Å²) in [7, 11) is 0. The summed E-state index contributed by atoms with van der Waals surface area (Å²) in [6, 6.07) is 8.00. The predicted octanol–water partition coefficient (Wildman–Crippen LogP) is 3.71. The molecule has 0 fully saturated rings. The third-order valence-corrected chi connectivity index (χ3v) is 5.40. The highest BCUT2D eigenvalue weighted by atomic mass is 35.5. The largest absolute Gasteiger partial charge is 0.345 e. The maximum absolute atomic E-state index is 13.2. The van der Waals surface area contributed by atoms with Crippen LogP contribution >= 0.6 is 11.6 Å². The number of nitriles is 1. The molecule has 29 heavy (non-hydrogen) atoms. The molecule has 0 saturated carbocycles. The Kier molecular flexibility index (Phi) is 4.73. The number of rotatable bonds is 4. The van der Waals surface area contributed by atoms with Crippen LogP contribution in [0.2, 0.25) is 5.02 Å². The fourth-order valence-electron chi connectivity index (χ4n) is 3.77. The van der Waals surface area contributed by atoms with Gasteiger partial charge < -0.3 is 15.2 Å². The topological polar surface area (TPSA) is 102 Å². The summed E-state index contributed by atoms with van der Waals surface area (Å²) in [6.45, 7) is 4.00. The van der Waals surface area contributed by atoms with E-state index in [4.69, 9.17) is 16.9 Å². The molecule has 2 amide bonds. The van der Waals surface area contributed by atoms with Gasteiger partial charge >= 0.3 is 0 Å². The SMILES string of the molecule is CC(C)[C@H](C(=O)Nc1cccc(C#N)c1)N1Cc2c(Cl)cnc3[nH]cc(c23)C1=O. The van der Waals surface area contributed by atoms with E-state index in [1.807, 2.05) is 19.9 Å². The molecule has 3 heterocycles. The van der Waals surface area contributed by atoms with Crippen LogP contribution in [0.25, 0.3) is 11.0 Å². The highest BCUT2D eigenvalue weighted by Crippen LogP contribution is 2.35. The second-order valence-electron chi connectivity index (χ2n) is 7.31. The molecule has 1 aliphatic heterocycles. The number of H-pyrrole nitrogens is 1. The molecule has 2 aromatic heterocycles. The molecule has 0 bridgehead atoms. The van der Waals surface area contributed by atoms with E-state index in [9.17, 15) is 9.59 Å². The van der Waals surface area contributed by atoms with Crippen molar-refractivity contribution in [3.63, 3.8) is 0 Å². The lowest BCUT2D eigenvalue weighted by atomic mass is 9.95. The molecular weight excluding hydrogens is 390 g/mol. The molecule has 1 atom stereocenters. The van der Waals surface area contributed by atoms with Crippen molar-refractivity contribution in [3.05, 3.63) is 58.4 Å². The summed E-state index contributed by atoms with van der Waals surface area (Å²) in [4.78, 5) is 35.1. The molecule has 1 aromatic carbocycles. The maximum Gasteiger partial charge on any atom is 0.257 e. The average molecular weight is 408 g/mol. The number of nitrogens with zero attached hydrogens (tertiary/aromatic N) is 3. The molecule has 7 nitrogen and oxygen atoms in total. The molecule has 0 spiro atoms. The van der Waals surface area contributed by atoms with Crippen LogP contribution in [0, 0.1) is 17.2 Å². The van der Waals surface area contributed by atoms with Crippen LogP contribution in [-0.2, 0) is 11.3 Å². The van der Waals surface area contributed by atoms with Gasteiger partial charge in [-0.2, -0.15) is 5.26 Å². The molecule has 0 aliphatic carbocycles. The van der Waals surface area contributed by atoms with E-state index in [0.717, 1.165) is 5.56 Å². The van der Waals surface area contributed by atoms with E-state index in [1.165, 1.54) is 0 Å². The molecule has 0 saturated heterocycles. The number of aromatic amines is 1. The first kappa shape index (κ1) is 19.0. The van der Waals surface area contributed by atoms with Crippen LogP contribution in [0.3, 0.4) is 0 Å². The number of carbonyl (C=O) groups is 2. The summed E-state index contributed by atoms with van der Waals surface area (Å²) >= 11 is 6.36. The van der Waals surface area contributed by atoms with Gasteiger partial charge in [0, 0.05) is 35.6 Å². The van der Waals surface area contributed by atoms with E-state index < -0.39 is 6.04 Å². The zero-order valence-corrected chi connectivity index (χ0v) is 16.6. The van der Waals surface area contributed by atoms with Crippen LogP contribution in [0.1, 0.15) is 35.3 Å². The van der Waals surface area contributed by atoms with Gasteiger partial charge in [0.15, 0.2) is 0 Å². The number of hydrogen-bond donors (Lipinski definition) is 2. The lowest BCUT2D eigenvalue weighted by Gasteiger charge is -2.36. The van der Waals surface area contributed by atoms with Gasteiger partial charge in [0.1, 0.15) is 11.7 Å². The third kappa shape index (κ3) is 3.22. The van der Waals surface area contributed by atoms with Crippen LogP contribution < -0.4 is 5.32 Å². The van der Waals surface area contributed by atoms with Crippen molar-refractivity contribution in [3.8, 4) is 6.07 Å². The van der Waals surface area contributed by atoms with Crippen molar-refractivity contribution >= 4 is 40.1 Å². The monoisotopic (exact) mass is 407 g/mol. The molecule has 0 unspecified atom stereocenters. The average Bonchev–Trinajstić information content (AvgIpc) is 3.13. The number of nitrogens with one attached hydrogen (secondary N) is 2. The van der Waals surface area contributed by atoms with Gasteiger partial charge in [-0.15, -0.1) is 0 Å². The number of halogens is 1. The Hall–Kier alpha value is -3.37. The minimum absolute atomic E-state index is 0.144. The zero-order valence-electron chi connectivity index (χ0n) is 15.9. The van der Waals surface area contributed by atoms with Crippen molar-refractivity contribution in [2.75, 3.05) is 5.32 Å². The minimum Gasteiger partial charge on any atom is -0.345 e. The van der Waals surface area contributed by atoms with Crippen LogP contribution in [0.4, 0.5) is 5.69 Å². The second-order valence-corrected chi connectivity index (χ2v) is 7.72. The summed E-state index contributed by atoms with van der Waals surface area (Å²) < 4.78 is 0. The molecule has 146 valence electrons.